The number of hydrogen-bond acceptors (Lipinski definition) is 4. The summed E-state index contributed by atoms with van der Waals surface area (Å²) < 4.78 is 6.20. The minimum absolute atomic E-state index is 0.442. The van der Waals surface area contributed by atoms with Gasteiger partial charge in [-0.2, -0.15) is 0 Å². The molecule has 17 heavy (non-hydrogen) atoms. The largest absolute Gasteiger partial charge is 0.444 e. The van der Waals surface area contributed by atoms with Crippen molar-refractivity contribution in [3.05, 3.63) is 7.89 Å². The van der Waals surface area contributed by atoms with Gasteiger partial charge in [0.1, 0.15) is 8.48 Å². The SMILES string of the molecule is CC(C)(C)OC(=O)Nc1nc(C2CC2)sc1I. The molecule has 0 aliphatic heterocycles. The molecule has 1 N–H and O–H groups in total. The zero-order valence-corrected chi connectivity index (χ0v) is 13.0. The molecular formula is C11H15IN2O2S. The Morgan fingerprint density at radius 1 is 1.53 bits per heavy atom. The average molecular weight is 366 g/mol. The highest BCUT2D eigenvalue weighted by Crippen LogP contribution is 2.43. The lowest BCUT2D eigenvalue weighted by atomic mass is 10.2. The summed E-state index contributed by atoms with van der Waals surface area (Å²) in [6.07, 6.45) is 1.99. The Kier molecular flexibility index (Phi) is 3.63. The van der Waals surface area contributed by atoms with Gasteiger partial charge < -0.3 is 4.74 Å². The van der Waals surface area contributed by atoms with Crippen molar-refractivity contribution in [3.63, 3.8) is 0 Å². The highest BCUT2D eigenvalue weighted by Gasteiger charge is 2.28. The third kappa shape index (κ3) is 3.80. The number of carbonyl (C=O) groups is 1. The molecule has 0 bridgehead atoms. The highest BCUT2D eigenvalue weighted by molar-refractivity contribution is 14.1. The number of carbonyl (C=O) groups excluding carboxylic acids is 1. The van der Waals surface area contributed by atoms with Gasteiger partial charge in [-0.15, -0.1) is 11.3 Å². The summed E-state index contributed by atoms with van der Waals surface area (Å²) in [6, 6.07) is 0. The van der Waals surface area contributed by atoms with E-state index in [4.69, 9.17) is 4.74 Å². The number of nitrogens with zero attached hydrogens (tertiary/aromatic N) is 1. The van der Waals surface area contributed by atoms with Crippen LogP contribution < -0.4 is 5.32 Å². The Labute approximate surface area is 118 Å². The molecule has 1 heterocycles. The van der Waals surface area contributed by atoms with Gasteiger partial charge in [0.25, 0.3) is 0 Å². The first-order valence-corrected chi connectivity index (χ1v) is 7.41. The highest BCUT2D eigenvalue weighted by atomic mass is 127. The van der Waals surface area contributed by atoms with Crippen LogP contribution in [0.2, 0.25) is 0 Å². The van der Waals surface area contributed by atoms with Crippen LogP contribution in [0.1, 0.15) is 44.5 Å². The van der Waals surface area contributed by atoms with Crippen molar-refractivity contribution in [1.82, 2.24) is 4.98 Å². The number of ether oxygens (including phenoxy) is 1. The molecule has 1 aromatic rings. The molecule has 94 valence electrons. The molecule has 1 aliphatic carbocycles. The third-order valence-electron chi connectivity index (χ3n) is 2.15. The molecule has 0 saturated heterocycles. The second-order valence-electron chi connectivity index (χ2n) is 5.08. The average Bonchev–Trinajstić information content (AvgIpc) is 2.91. The first-order chi connectivity index (χ1) is 7.85. The Hall–Kier alpha value is -0.370. The van der Waals surface area contributed by atoms with E-state index in [0.717, 1.165) is 7.89 Å². The summed E-state index contributed by atoms with van der Waals surface area (Å²) in [5.41, 5.74) is -0.481. The van der Waals surface area contributed by atoms with E-state index in [9.17, 15) is 4.79 Å². The van der Waals surface area contributed by atoms with Crippen LogP contribution in [0.3, 0.4) is 0 Å². The Morgan fingerprint density at radius 3 is 2.71 bits per heavy atom. The van der Waals surface area contributed by atoms with E-state index in [1.807, 2.05) is 20.8 Å². The molecule has 0 spiro atoms. The van der Waals surface area contributed by atoms with Crippen LogP contribution in [-0.2, 0) is 4.74 Å². The van der Waals surface area contributed by atoms with E-state index in [2.05, 4.69) is 32.9 Å². The summed E-state index contributed by atoms with van der Waals surface area (Å²) >= 11 is 3.85. The number of halogens is 1. The fourth-order valence-electron chi connectivity index (χ4n) is 1.30. The predicted molar refractivity (Wildman–Crippen MR) is 76.7 cm³/mol. The Balaban J connectivity index is 2.00. The number of hydrogen-bond donors (Lipinski definition) is 1. The van der Waals surface area contributed by atoms with Crippen molar-refractivity contribution in [2.24, 2.45) is 0 Å². The van der Waals surface area contributed by atoms with Crippen LogP contribution in [-0.4, -0.2) is 16.7 Å². The monoisotopic (exact) mass is 366 g/mol. The van der Waals surface area contributed by atoms with Gasteiger partial charge >= 0.3 is 6.09 Å². The first kappa shape index (κ1) is 13.1. The summed E-state index contributed by atoms with van der Waals surface area (Å²) in [5.74, 6) is 1.24. The van der Waals surface area contributed by atoms with Crippen molar-refractivity contribution in [2.45, 2.75) is 45.1 Å². The smallest absolute Gasteiger partial charge is 0.413 e. The minimum Gasteiger partial charge on any atom is -0.444 e. The molecule has 4 nitrogen and oxygen atoms in total. The van der Waals surface area contributed by atoms with Crippen molar-refractivity contribution < 1.29 is 9.53 Å². The van der Waals surface area contributed by atoms with Gasteiger partial charge in [0.15, 0.2) is 5.82 Å². The molecule has 0 atom stereocenters. The molecule has 1 amide bonds. The molecule has 1 fully saturated rings. The number of nitrogens with one attached hydrogen (secondary N) is 1. The van der Waals surface area contributed by atoms with Crippen LogP contribution >= 0.6 is 33.9 Å². The molecule has 1 aromatic heterocycles. The van der Waals surface area contributed by atoms with Crippen LogP contribution in [0.25, 0.3) is 0 Å². The van der Waals surface area contributed by atoms with Gasteiger partial charge in [-0.05, 0) is 56.2 Å². The van der Waals surface area contributed by atoms with E-state index in [0.29, 0.717) is 11.7 Å². The number of aromatic nitrogens is 1. The zero-order chi connectivity index (χ0) is 12.6. The molecule has 0 unspecified atom stereocenters. The molecule has 2 rings (SSSR count). The number of anilines is 1. The van der Waals surface area contributed by atoms with Crippen molar-refractivity contribution in [3.8, 4) is 0 Å². The molecule has 6 heteroatoms. The van der Waals surface area contributed by atoms with Gasteiger partial charge in [0, 0.05) is 5.92 Å². The maximum absolute atomic E-state index is 11.6. The standard InChI is InChI=1S/C11H15IN2O2S/c1-11(2,3)16-10(15)14-8-7(12)17-9(13-8)6-4-5-6/h6H,4-5H2,1-3H3,(H,14,15). The number of thiazole rings is 1. The van der Waals surface area contributed by atoms with Crippen LogP contribution in [0.4, 0.5) is 10.6 Å². The number of rotatable bonds is 2. The van der Waals surface area contributed by atoms with Crippen molar-refractivity contribution in [2.75, 3.05) is 5.32 Å². The lowest BCUT2D eigenvalue weighted by Gasteiger charge is -2.19. The van der Waals surface area contributed by atoms with E-state index < -0.39 is 11.7 Å². The molecule has 0 radical (unpaired) electrons. The maximum Gasteiger partial charge on any atom is 0.413 e. The zero-order valence-electron chi connectivity index (χ0n) is 10.0. The predicted octanol–water partition coefficient (Wildman–Crippen LogP) is 3.97. The summed E-state index contributed by atoms with van der Waals surface area (Å²) in [6.45, 7) is 5.52. The fraction of sp³-hybridized carbons (Fsp3) is 0.636. The van der Waals surface area contributed by atoms with Crippen molar-refractivity contribution in [1.29, 1.82) is 0 Å². The van der Waals surface area contributed by atoms with Crippen LogP contribution in [0, 0.1) is 2.88 Å². The van der Waals surface area contributed by atoms with E-state index >= 15 is 0 Å². The number of amides is 1. The normalized spacial score (nSPS) is 15.8. The Bertz CT molecular complexity index is 435. The van der Waals surface area contributed by atoms with Gasteiger partial charge in [-0.3, -0.25) is 5.32 Å². The summed E-state index contributed by atoms with van der Waals surface area (Å²) in [4.78, 5) is 16.0. The minimum atomic E-state index is -0.481. The van der Waals surface area contributed by atoms with Crippen LogP contribution in [0.15, 0.2) is 0 Å². The van der Waals surface area contributed by atoms with Gasteiger partial charge in [-0.1, -0.05) is 0 Å². The lowest BCUT2D eigenvalue weighted by molar-refractivity contribution is 0.0635. The first-order valence-electron chi connectivity index (χ1n) is 5.51. The maximum atomic E-state index is 11.6. The molecular weight excluding hydrogens is 351 g/mol. The topological polar surface area (TPSA) is 51.2 Å². The Morgan fingerprint density at radius 2 is 2.18 bits per heavy atom. The quantitative estimate of drug-likeness (QED) is 0.806. The second-order valence-corrected chi connectivity index (χ2v) is 7.92. The van der Waals surface area contributed by atoms with Crippen LogP contribution in [0.5, 0.6) is 0 Å². The van der Waals surface area contributed by atoms with Gasteiger partial charge in [0.2, 0.25) is 0 Å². The van der Waals surface area contributed by atoms with Gasteiger partial charge in [-0.25, -0.2) is 9.78 Å². The van der Waals surface area contributed by atoms with E-state index in [1.54, 1.807) is 11.3 Å². The lowest BCUT2D eigenvalue weighted by Crippen LogP contribution is -2.27. The molecule has 1 saturated carbocycles. The fourth-order valence-corrected chi connectivity index (χ4v) is 3.15. The van der Waals surface area contributed by atoms with Gasteiger partial charge in [0.05, 0.1) is 5.01 Å². The third-order valence-corrected chi connectivity index (χ3v) is 4.33. The summed E-state index contributed by atoms with van der Waals surface area (Å²) in [7, 11) is 0. The van der Waals surface area contributed by atoms with Crippen molar-refractivity contribution >= 4 is 45.8 Å². The summed E-state index contributed by atoms with van der Waals surface area (Å²) in [5, 5.41) is 3.83. The molecule has 0 aromatic carbocycles. The molecule has 1 aliphatic rings. The van der Waals surface area contributed by atoms with E-state index in [-0.39, 0.29) is 0 Å². The second kappa shape index (κ2) is 4.72. The van der Waals surface area contributed by atoms with E-state index in [1.165, 1.54) is 12.8 Å².